The van der Waals surface area contributed by atoms with E-state index in [0.29, 0.717) is 11.3 Å². The number of rotatable bonds is 5. The predicted molar refractivity (Wildman–Crippen MR) is 82.2 cm³/mol. The Labute approximate surface area is 130 Å². The smallest absolute Gasteiger partial charge is 0.169 e. The maximum Gasteiger partial charge on any atom is 0.169 e. The van der Waals surface area contributed by atoms with Crippen molar-refractivity contribution in [1.82, 2.24) is 15.3 Å². The first-order valence-electron chi connectivity index (χ1n) is 7.75. The largest absolute Gasteiger partial charge is 0.347 e. The molecule has 0 radical (unpaired) electrons. The monoisotopic (exact) mass is 309 g/mol. The molecule has 116 valence electrons. The van der Waals surface area contributed by atoms with Crippen LogP contribution in [0.15, 0.2) is 23.6 Å². The molecule has 0 bridgehead atoms. The second kappa shape index (κ2) is 7.05. The van der Waals surface area contributed by atoms with Crippen molar-refractivity contribution in [2.75, 3.05) is 19.8 Å². The van der Waals surface area contributed by atoms with Gasteiger partial charge in [0.1, 0.15) is 5.03 Å². The van der Waals surface area contributed by atoms with Crippen LogP contribution in [-0.2, 0) is 9.47 Å². The van der Waals surface area contributed by atoms with E-state index in [9.17, 15) is 0 Å². The molecule has 5 nitrogen and oxygen atoms in total. The van der Waals surface area contributed by atoms with Gasteiger partial charge < -0.3 is 14.8 Å². The van der Waals surface area contributed by atoms with Crippen LogP contribution in [-0.4, -0.2) is 46.8 Å². The fourth-order valence-electron chi connectivity index (χ4n) is 3.06. The summed E-state index contributed by atoms with van der Waals surface area (Å²) in [4.78, 5) is 8.55. The van der Waals surface area contributed by atoms with Crippen molar-refractivity contribution in [2.45, 2.75) is 54.7 Å². The molecule has 1 N–H and O–H groups in total. The van der Waals surface area contributed by atoms with Crippen molar-refractivity contribution in [3.8, 4) is 0 Å². The van der Waals surface area contributed by atoms with Crippen LogP contribution in [0, 0.1) is 0 Å². The topological polar surface area (TPSA) is 56.3 Å². The van der Waals surface area contributed by atoms with Gasteiger partial charge in [-0.1, -0.05) is 18.7 Å². The van der Waals surface area contributed by atoms with Gasteiger partial charge in [0.05, 0.1) is 19.4 Å². The molecule has 1 aromatic heterocycles. The lowest BCUT2D eigenvalue weighted by molar-refractivity contribution is -0.178. The molecule has 21 heavy (non-hydrogen) atoms. The van der Waals surface area contributed by atoms with Gasteiger partial charge in [0.15, 0.2) is 5.79 Å². The zero-order valence-corrected chi connectivity index (χ0v) is 13.3. The summed E-state index contributed by atoms with van der Waals surface area (Å²) in [6.45, 7) is 4.69. The Morgan fingerprint density at radius 3 is 2.95 bits per heavy atom. The van der Waals surface area contributed by atoms with Crippen LogP contribution in [0.5, 0.6) is 0 Å². The van der Waals surface area contributed by atoms with Crippen LogP contribution >= 0.6 is 11.8 Å². The van der Waals surface area contributed by atoms with Gasteiger partial charge in [0, 0.05) is 36.5 Å². The Morgan fingerprint density at radius 1 is 1.38 bits per heavy atom. The molecule has 1 saturated heterocycles. The Kier molecular flexibility index (Phi) is 5.11. The Morgan fingerprint density at radius 2 is 2.24 bits per heavy atom. The number of hydrogen-bond donors (Lipinski definition) is 1. The van der Waals surface area contributed by atoms with E-state index < -0.39 is 0 Å². The second-order valence-corrected chi connectivity index (χ2v) is 6.87. The van der Waals surface area contributed by atoms with Crippen LogP contribution in [0.3, 0.4) is 0 Å². The van der Waals surface area contributed by atoms with E-state index in [-0.39, 0.29) is 5.79 Å². The molecule has 2 fully saturated rings. The predicted octanol–water partition coefficient (Wildman–Crippen LogP) is 2.23. The van der Waals surface area contributed by atoms with Crippen molar-refractivity contribution in [1.29, 1.82) is 0 Å². The molecule has 1 aromatic rings. The number of ether oxygens (including phenoxy) is 2. The lowest BCUT2D eigenvalue weighted by Gasteiger charge is -2.41. The van der Waals surface area contributed by atoms with E-state index in [1.165, 1.54) is 0 Å². The van der Waals surface area contributed by atoms with Gasteiger partial charge in [-0.25, -0.2) is 4.98 Å². The molecule has 2 heterocycles. The Balaban J connectivity index is 1.69. The van der Waals surface area contributed by atoms with E-state index in [1.807, 2.05) is 6.20 Å². The highest BCUT2D eigenvalue weighted by molar-refractivity contribution is 7.99. The van der Waals surface area contributed by atoms with E-state index in [0.717, 1.165) is 50.5 Å². The van der Waals surface area contributed by atoms with Gasteiger partial charge in [-0.15, -0.1) is 0 Å². The van der Waals surface area contributed by atoms with Crippen LogP contribution in [0.4, 0.5) is 0 Å². The number of nitrogens with zero attached hydrogens (tertiary/aromatic N) is 2. The second-order valence-electron chi connectivity index (χ2n) is 5.61. The lowest BCUT2D eigenvalue weighted by Crippen LogP contribution is -2.49. The minimum atomic E-state index is -0.357. The van der Waals surface area contributed by atoms with Crippen LogP contribution in [0.25, 0.3) is 0 Å². The highest BCUT2D eigenvalue weighted by atomic mass is 32.2. The third-order valence-corrected chi connectivity index (χ3v) is 5.33. The van der Waals surface area contributed by atoms with E-state index in [1.54, 1.807) is 24.2 Å². The number of nitrogens with one attached hydrogen (secondary N) is 1. The molecule has 0 amide bonds. The molecular formula is C15H23N3O2S. The maximum absolute atomic E-state index is 5.90. The van der Waals surface area contributed by atoms with Gasteiger partial charge >= 0.3 is 0 Å². The van der Waals surface area contributed by atoms with Gasteiger partial charge in [-0.2, -0.15) is 0 Å². The summed E-state index contributed by atoms with van der Waals surface area (Å²) in [5.41, 5.74) is 0. The Hall–Kier alpha value is -0.690. The van der Waals surface area contributed by atoms with Crippen molar-refractivity contribution >= 4 is 11.8 Å². The third kappa shape index (κ3) is 3.74. The number of aromatic nitrogens is 2. The van der Waals surface area contributed by atoms with Crippen LogP contribution in [0.1, 0.15) is 32.6 Å². The molecule has 1 saturated carbocycles. The van der Waals surface area contributed by atoms with Crippen molar-refractivity contribution < 1.29 is 9.47 Å². The first kappa shape index (κ1) is 15.2. The average Bonchev–Trinajstić information content (AvgIpc) is 2.96. The molecule has 0 aromatic carbocycles. The summed E-state index contributed by atoms with van der Waals surface area (Å²) < 4.78 is 11.8. The molecule has 1 spiro atoms. The molecule has 2 aliphatic rings. The average molecular weight is 309 g/mol. The minimum absolute atomic E-state index is 0.357. The molecule has 2 unspecified atom stereocenters. The minimum Gasteiger partial charge on any atom is -0.347 e. The summed E-state index contributed by atoms with van der Waals surface area (Å²) in [6.07, 6.45) is 9.41. The first-order valence-corrected chi connectivity index (χ1v) is 8.63. The normalized spacial score (nSPS) is 28.0. The number of thioether (sulfide) groups is 1. The third-order valence-electron chi connectivity index (χ3n) is 4.08. The van der Waals surface area contributed by atoms with E-state index in [2.05, 4.69) is 22.2 Å². The molecule has 3 rings (SSSR count). The molecule has 1 aliphatic carbocycles. The standard InChI is InChI=1S/C15H23N3O2S/c1-2-5-17-12-3-4-15(19-8-9-20-15)10-13(12)21-14-11-16-6-7-18-14/h6-7,11-13,17H,2-5,8-10H2,1H3. The quantitative estimate of drug-likeness (QED) is 0.900. The molecule has 1 aliphatic heterocycles. The van der Waals surface area contributed by atoms with Crippen molar-refractivity contribution in [2.24, 2.45) is 0 Å². The highest BCUT2D eigenvalue weighted by Crippen LogP contribution is 2.42. The summed E-state index contributed by atoms with van der Waals surface area (Å²) >= 11 is 1.79. The molecule has 2 atom stereocenters. The molecular weight excluding hydrogens is 286 g/mol. The van der Waals surface area contributed by atoms with Crippen LogP contribution < -0.4 is 5.32 Å². The van der Waals surface area contributed by atoms with Gasteiger partial charge in [0.25, 0.3) is 0 Å². The summed E-state index contributed by atoms with van der Waals surface area (Å²) in [5.74, 6) is -0.357. The van der Waals surface area contributed by atoms with Crippen molar-refractivity contribution in [3.05, 3.63) is 18.6 Å². The zero-order chi connectivity index (χ0) is 14.5. The zero-order valence-electron chi connectivity index (χ0n) is 12.5. The van der Waals surface area contributed by atoms with Gasteiger partial charge in [-0.3, -0.25) is 4.98 Å². The van der Waals surface area contributed by atoms with E-state index >= 15 is 0 Å². The SMILES string of the molecule is CCCNC1CCC2(CC1Sc1cnccn1)OCCO2. The maximum atomic E-state index is 5.90. The van der Waals surface area contributed by atoms with Crippen LogP contribution in [0.2, 0.25) is 0 Å². The summed E-state index contributed by atoms with van der Waals surface area (Å²) in [7, 11) is 0. The van der Waals surface area contributed by atoms with E-state index in [4.69, 9.17) is 9.47 Å². The summed E-state index contributed by atoms with van der Waals surface area (Å²) in [5, 5.41) is 5.04. The highest BCUT2D eigenvalue weighted by Gasteiger charge is 2.45. The first-order chi connectivity index (χ1) is 10.3. The molecule has 6 heteroatoms. The Bertz CT molecular complexity index is 440. The summed E-state index contributed by atoms with van der Waals surface area (Å²) in [6, 6.07) is 0.482. The van der Waals surface area contributed by atoms with Crippen molar-refractivity contribution in [3.63, 3.8) is 0 Å². The lowest BCUT2D eigenvalue weighted by atomic mass is 9.89. The number of hydrogen-bond acceptors (Lipinski definition) is 6. The fourth-order valence-corrected chi connectivity index (χ4v) is 4.35. The fraction of sp³-hybridized carbons (Fsp3) is 0.733. The van der Waals surface area contributed by atoms with Gasteiger partial charge in [0.2, 0.25) is 0 Å². The van der Waals surface area contributed by atoms with Gasteiger partial charge in [-0.05, 0) is 19.4 Å².